The minimum Gasteiger partial charge on any atom is -0.511 e. The zero-order chi connectivity index (χ0) is 17.8. The molecule has 1 aromatic carbocycles. The number of fused-ring (bicyclic) bond motifs is 3. The summed E-state index contributed by atoms with van der Waals surface area (Å²) >= 11 is 0. The Bertz CT molecular complexity index is 903. The van der Waals surface area contributed by atoms with Crippen LogP contribution >= 0.6 is 0 Å². The van der Waals surface area contributed by atoms with Gasteiger partial charge in [0.25, 0.3) is 0 Å². The number of aliphatic hydroxyl groups excluding tert-OH is 1. The first-order chi connectivity index (χ1) is 12.0. The van der Waals surface area contributed by atoms with E-state index in [1.165, 1.54) is 16.8 Å². The van der Waals surface area contributed by atoms with Crippen molar-refractivity contribution in [3.05, 3.63) is 52.9 Å². The molecule has 1 N–H and O–H groups in total. The van der Waals surface area contributed by atoms with Gasteiger partial charge in [-0.2, -0.15) is 10.4 Å². The number of aromatic nitrogens is 2. The SMILES string of the molecule is C[C@@H]1C(O)=C(C#N)C[C@]2(C)c3nn(C)c(-c4ccccc4)c3CC[C@@H]12. The van der Waals surface area contributed by atoms with Crippen molar-refractivity contribution in [2.24, 2.45) is 18.9 Å². The maximum atomic E-state index is 10.4. The highest BCUT2D eigenvalue weighted by atomic mass is 16.3. The lowest BCUT2D eigenvalue weighted by atomic mass is 9.57. The normalized spacial score (nSPS) is 28.2. The van der Waals surface area contributed by atoms with Crippen molar-refractivity contribution in [2.45, 2.75) is 38.5 Å². The second kappa shape index (κ2) is 5.49. The van der Waals surface area contributed by atoms with Crippen LogP contribution < -0.4 is 0 Å². The van der Waals surface area contributed by atoms with Gasteiger partial charge in [0, 0.05) is 29.5 Å². The molecule has 0 fully saturated rings. The summed E-state index contributed by atoms with van der Waals surface area (Å²) < 4.78 is 1.99. The van der Waals surface area contributed by atoms with Gasteiger partial charge >= 0.3 is 0 Å². The van der Waals surface area contributed by atoms with Gasteiger partial charge in [0.05, 0.1) is 23.0 Å². The van der Waals surface area contributed by atoms with Gasteiger partial charge in [0.2, 0.25) is 0 Å². The van der Waals surface area contributed by atoms with E-state index in [0.29, 0.717) is 17.9 Å². The van der Waals surface area contributed by atoms with Crippen LogP contribution in [-0.2, 0) is 18.9 Å². The second-order valence-corrected chi connectivity index (χ2v) is 7.67. The number of nitrogens with zero attached hydrogens (tertiary/aromatic N) is 3. The molecule has 0 bridgehead atoms. The fourth-order valence-electron chi connectivity index (χ4n) is 5.05. The number of aryl methyl sites for hydroxylation is 1. The van der Waals surface area contributed by atoms with E-state index in [9.17, 15) is 10.4 Å². The molecule has 0 amide bonds. The van der Waals surface area contributed by atoms with Crippen LogP contribution in [0.25, 0.3) is 11.3 Å². The molecule has 2 aliphatic rings. The fraction of sp³-hybridized carbons (Fsp3) is 0.429. The van der Waals surface area contributed by atoms with Crippen molar-refractivity contribution in [3.63, 3.8) is 0 Å². The molecule has 0 unspecified atom stereocenters. The molecule has 0 aliphatic heterocycles. The summed E-state index contributed by atoms with van der Waals surface area (Å²) in [6, 6.07) is 12.6. The Labute approximate surface area is 148 Å². The van der Waals surface area contributed by atoms with Crippen molar-refractivity contribution in [1.29, 1.82) is 5.26 Å². The molecule has 4 rings (SSSR count). The minimum atomic E-state index is -0.199. The molecule has 0 saturated heterocycles. The number of hydrogen-bond donors (Lipinski definition) is 1. The van der Waals surface area contributed by atoms with Gasteiger partial charge < -0.3 is 5.11 Å². The standard InChI is InChI=1S/C21H23N3O/c1-13-17-10-9-16-18(14-7-5-4-6-8-14)24(3)23-20(16)21(17,2)11-15(12-22)19(13)25/h4-8,13,17,25H,9-11H2,1-3H3/t13-,17-,21-/m0/s1. The molecular formula is C21H23N3O. The van der Waals surface area contributed by atoms with E-state index in [0.717, 1.165) is 18.5 Å². The first-order valence-electron chi connectivity index (χ1n) is 8.91. The summed E-state index contributed by atoms with van der Waals surface area (Å²) in [4.78, 5) is 0. The van der Waals surface area contributed by atoms with Crippen molar-refractivity contribution in [1.82, 2.24) is 9.78 Å². The summed E-state index contributed by atoms with van der Waals surface area (Å²) in [5.74, 6) is 0.604. The second-order valence-electron chi connectivity index (χ2n) is 7.67. The first kappa shape index (κ1) is 16.0. The number of hydrogen-bond acceptors (Lipinski definition) is 3. The predicted octanol–water partition coefficient (Wildman–Crippen LogP) is 4.28. The van der Waals surface area contributed by atoms with Crippen molar-refractivity contribution in [3.8, 4) is 17.3 Å². The zero-order valence-electron chi connectivity index (χ0n) is 15.0. The van der Waals surface area contributed by atoms with E-state index in [2.05, 4.69) is 37.3 Å². The molecule has 3 atom stereocenters. The Morgan fingerprint density at radius 2 is 2.04 bits per heavy atom. The smallest absolute Gasteiger partial charge is 0.109 e. The Kier molecular flexibility index (Phi) is 3.50. The fourth-order valence-corrected chi connectivity index (χ4v) is 5.05. The maximum Gasteiger partial charge on any atom is 0.109 e. The molecule has 0 saturated carbocycles. The average molecular weight is 333 g/mol. The van der Waals surface area contributed by atoms with Gasteiger partial charge in [-0.15, -0.1) is 0 Å². The summed E-state index contributed by atoms with van der Waals surface area (Å²) in [5.41, 5.74) is 5.10. The Hall–Kier alpha value is -2.54. The Morgan fingerprint density at radius 3 is 2.72 bits per heavy atom. The quantitative estimate of drug-likeness (QED) is 0.847. The monoisotopic (exact) mass is 333 g/mol. The van der Waals surface area contributed by atoms with E-state index in [1.807, 2.05) is 24.7 Å². The predicted molar refractivity (Wildman–Crippen MR) is 96.9 cm³/mol. The van der Waals surface area contributed by atoms with Crippen LogP contribution in [0.1, 0.15) is 37.9 Å². The van der Waals surface area contributed by atoms with Crippen molar-refractivity contribution >= 4 is 0 Å². The van der Waals surface area contributed by atoms with Crippen molar-refractivity contribution in [2.75, 3.05) is 0 Å². The summed E-state index contributed by atoms with van der Waals surface area (Å²) in [6.45, 7) is 4.26. The number of nitriles is 1. The summed E-state index contributed by atoms with van der Waals surface area (Å²) in [5, 5.41) is 24.8. The third kappa shape index (κ3) is 2.15. The molecule has 4 nitrogen and oxygen atoms in total. The molecule has 0 radical (unpaired) electrons. The highest BCUT2D eigenvalue weighted by Gasteiger charge is 2.50. The van der Waals surface area contributed by atoms with Gasteiger partial charge in [-0.05, 0) is 25.2 Å². The lowest BCUT2D eigenvalue weighted by Gasteiger charge is -2.46. The van der Waals surface area contributed by atoms with Gasteiger partial charge in [-0.1, -0.05) is 44.2 Å². The van der Waals surface area contributed by atoms with Crippen LogP contribution in [0.5, 0.6) is 0 Å². The van der Waals surface area contributed by atoms with E-state index in [1.54, 1.807) is 0 Å². The summed E-state index contributed by atoms with van der Waals surface area (Å²) in [7, 11) is 2.00. The molecule has 128 valence electrons. The largest absolute Gasteiger partial charge is 0.511 e. The lowest BCUT2D eigenvalue weighted by Crippen LogP contribution is -2.44. The minimum absolute atomic E-state index is 0.00346. The van der Waals surface area contributed by atoms with Gasteiger partial charge in [-0.3, -0.25) is 4.68 Å². The third-order valence-corrected chi connectivity index (χ3v) is 6.28. The van der Waals surface area contributed by atoms with E-state index in [4.69, 9.17) is 5.10 Å². The Morgan fingerprint density at radius 1 is 1.32 bits per heavy atom. The van der Waals surface area contributed by atoms with Gasteiger partial charge in [-0.25, -0.2) is 0 Å². The number of benzene rings is 1. The molecule has 4 heteroatoms. The molecule has 1 aromatic heterocycles. The topological polar surface area (TPSA) is 61.8 Å². The molecular weight excluding hydrogens is 310 g/mol. The van der Waals surface area contributed by atoms with E-state index < -0.39 is 0 Å². The highest BCUT2D eigenvalue weighted by Crippen LogP contribution is 2.54. The summed E-state index contributed by atoms with van der Waals surface area (Å²) in [6.07, 6.45) is 2.55. The zero-order valence-corrected chi connectivity index (χ0v) is 15.0. The van der Waals surface area contributed by atoms with Crippen LogP contribution in [0.2, 0.25) is 0 Å². The van der Waals surface area contributed by atoms with Gasteiger partial charge in [0.1, 0.15) is 5.76 Å². The molecule has 0 spiro atoms. The molecule has 25 heavy (non-hydrogen) atoms. The highest BCUT2D eigenvalue weighted by molar-refractivity contribution is 5.66. The first-order valence-corrected chi connectivity index (χ1v) is 8.91. The van der Waals surface area contributed by atoms with Crippen LogP contribution in [0.3, 0.4) is 0 Å². The lowest BCUT2D eigenvalue weighted by molar-refractivity contribution is 0.136. The van der Waals surface area contributed by atoms with E-state index in [-0.39, 0.29) is 17.1 Å². The van der Waals surface area contributed by atoms with Crippen LogP contribution in [0.4, 0.5) is 0 Å². The average Bonchev–Trinajstić information content (AvgIpc) is 2.96. The van der Waals surface area contributed by atoms with Crippen LogP contribution in [0, 0.1) is 23.2 Å². The third-order valence-electron chi connectivity index (χ3n) is 6.28. The van der Waals surface area contributed by atoms with Crippen LogP contribution in [0.15, 0.2) is 41.7 Å². The number of allylic oxidation sites excluding steroid dienone is 2. The number of rotatable bonds is 1. The van der Waals surface area contributed by atoms with Gasteiger partial charge in [0.15, 0.2) is 0 Å². The van der Waals surface area contributed by atoms with E-state index >= 15 is 0 Å². The number of aliphatic hydroxyl groups is 1. The molecule has 2 aliphatic carbocycles. The Balaban J connectivity index is 1.90. The van der Waals surface area contributed by atoms with Crippen molar-refractivity contribution < 1.29 is 5.11 Å². The molecule has 1 heterocycles. The molecule has 2 aromatic rings. The van der Waals surface area contributed by atoms with Crippen LogP contribution in [-0.4, -0.2) is 14.9 Å². The maximum absolute atomic E-state index is 10.4.